The van der Waals surface area contributed by atoms with Crippen molar-refractivity contribution in [3.8, 4) is 0 Å². The molecule has 0 aromatic carbocycles. The van der Waals surface area contributed by atoms with Crippen LogP contribution in [0.15, 0.2) is 40.7 Å². The van der Waals surface area contributed by atoms with Crippen LogP contribution >= 0.6 is 0 Å². The van der Waals surface area contributed by atoms with E-state index >= 15 is 0 Å². The molecule has 2 aliphatic rings. The van der Waals surface area contributed by atoms with Crippen molar-refractivity contribution in [3.63, 3.8) is 0 Å². The third kappa shape index (κ3) is 3.58. The highest BCUT2D eigenvalue weighted by molar-refractivity contribution is 5.83. The zero-order valence-corrected chi connectivity index (χ0v) is 14.0. The molecule has 22 heavy (non-hydrogen) atoms. The average molecular weight is 304 g/mol. The quantitative estimate of drug-likeness (QED) is 0.340. The molecule has 2 rings (SSSR count). The lowest BCUT2D eigenvalue weighted by Gasteiger charge is -2.40. The highest BCUT2D eigenvalue weighted by Gasteiger charge is 2.45. The van der Waals surface area contributed by atoms with Gasteiger partial charge in [-0.05, 0) is 37.1 Å². The van der Waals surface area contributed by atoms with E-state index in [1.165, 1.54) is 13.2 Å². The summed E-state index contributed by atoms with van der Waals surface area (Å²) in [4.78, 5) is 11.2. The van der Waals surface area contributed by atoms with Crippen LogP contribution in [0.4, 0.5) is 0 Å². The molecule has 0 atom stereocenters. The van der Waals surface area contributed by atoms with Gasteiger partial charge in [0.05, 0.1) is 20.3 Å². The summed E-state index contributed by atoms with van der Waals surface area (Å²) < 4.78 is 16.2. The Morgan fingerprint density at radius 1 is 1.36 bits per heavy atom. The third-order valence-corrected chi connectivity index (χ3v) is 3.96. The lowest BCUT2D eigenvalue weighted by Crippen LogP contribution is -2.39. The van der Waals surface area contributed by atoms with Crippen molar-refractivity contribution in [1.82, 2.24) is 0 Å². The minimum absolute atomic E-state index is 0.120. The maximum atomic E-state index is 11.2. The number of allylic oxidation sites excluding steroid dienone is 3. The maximum Gasteiger partial charge on any atom is 0.330 e. The Balaban J connectivity index is 2.36. The van der Waals surface area contributed by atoms with Crippen LogP contribution in [0.2, 0.25) is 0 Å². The molecule has 1 heterocycles. The minimum atomic E-state index is -0.588. The largest absolute Gasteiger partial charge is 0.466 e. The van der Waals surface area contributed by atoms with Gasteiger partial charge in [-0.1, -0.05) is 13.8 Å². The molecule has 4 nitrogen and oxygen atoms in total. The topological polar surface area (TPSA) is 44.8 Å². The molecule has 120 valence electrons. The van der Waals surface area contributed by atoms with Gasteiger partial charge >= 0.3 is 5.97 Å². The molecular weight excluding hydrogens is 280 g/mol. The molecule has 0 N–H and O–H groups in total. The summed E-state index contributed by atoms with van der Waals surface area (Å²) in [6.07, 6.45) is 6.07. The van der Waals surface area contributed by atoms with Gasteiger partial charge in [-0.15, -0.1) is 5.73 Å². The Morgan fingerprint density at radius 2 is 2.00 bits per heavy atom. The summed E-state index contributed by atoms with van der Waals surface area (Å²) in [5, 5.41) is 0. The number of methoxy groups -OCH3 is 1. The van der Waals surface area contributed by atoms with Crippen molar-refractivity contribution < 1.29 is 19.0 Å². The molecule has 1 saturated heterocycles. The first-order valence-electron chi connectivity index (χ1n) is 7.49. The van der Waals surface area contributed by atoms with Gasteiger partial charge in [0.25, 0.3) is 0 Å². The van der Waals surface area contributed by atoms with Crippen molar-refractivity contribution >= 4 is 5.97 Å². The predicted molar refractivity (Wildman–Crippen MR) is 84.2 cm³/mol. The van der Waals surface area contributed by atoms with Crippen LogP contribution in [-0.4, -0.2) is 32.1 Å². The summed E-state index contributed by atoms with van der Waals surface area (Å²) in [6, 6.07) is 0. The number of esters is 1. The molecule has 0 aromatic rings. The highest BCUT2D eigenvalue weighted by atomic mass is 16.7. The van der Waals surface area contributed by atoms with Crippen LogP contribution < -0.4 is 0 Å². The van der Waals surface area contributed by atoms with Crippen molar-refractivity contribution in [2.45, 2.75) is 39.9 Å². The molecule has 1 aliphatic heterocycles. The Morgan fingerprint density at radius 3 is 2.55 bits per heavy atom. The fourth-order valence-corrected chi connectivity index (χ4v) is 3.13. The highest BCUT2D eigenvalue weighted by Crippen LogP contribution is 2.47. The Hall–Kier alpha value is -1.61. The van der Waals surface area contributed by atoms with Gasteiger partial charge in [0.1, 0.15) is 0 Å². The average Bonchev–Trinajstić information content (AvgIpc) is 2.84. The number of carbonyl (C=O) groups excluding carboxylic acids is 1. The van der Waals surface area contributed by atoms with Crippen LogP contribution in [0.25, 0.3) is 0 Å². The van der Waals surface area contributed by atoms with Gasteiger partial charge in [-0.2, -0.15) is 0 Å². The van der Waals surface area contributed by atoms with E-state index in [1.807, 2.05) is 26.0 Å². The van der Waals surface area contributed by atoms with Crippen molar-refractivity contribution in [3.05, 3.63) is 40.7 Å². The second kappa shape index (κ2) is 6.25. The fourth-order valence-electron chi connectivity index (χ4n) is 3.13. The molecule has 4 heteroatoms. The van der Waals surface area contributed by atoms with Gasteiger partial charge in [0, 0.05) is 23.5 Å². The zero-order chi connectivity index (χ0) is 16.4. The normalized spacial score (nSPS) is 23.0. The lowest BCUT2D eigenvalue weighted by atomic mass is 9.71. The maximum absolute atomic E-state index is 11.2. The van der Waals surface area contributed by atoms with Crippen LogP contribution in [0.1, 0.15) is 34.1 Å². The Labute approximate surface area is 132 Å². The molecule has 1 aliphatic carbocycles. The summed E-state index contributed by atoms with van der Waals surface area (Å²) in [5.41, 5.74) is 6.22. The molecule has 1 spiro atoms. The van der Waals surface area contributed by atoms with Gasteiger partial charge in [0.15, 0.2) is 5.79 Å². The summed E-state index contributed by atoms with van der Waals surface area (Å²) in [5.74, 6) is -0.946. The standard InChI is InChI=1S/C18H24O4/c1-13(10-16(19)20-5)6-7-15-14(2)11-18(12-17(15,3)4)21-8-9-22-18/h6,10-11H,8-9,12H2,1-5H3/b13-10+. The second-order valence-electron chi connectivity index (χ2n) is 6.47. The SMILES string of the molecule is COC(=O)/C=C(\C)C=C=C1C(C)=CC2(CC1(C)C)OCCO2. The van der Waals surface area contributed by atoms with Crippen LogP contribution in [0.3, 0.4) is 0 Å². The van der Waals surface area contributed by atoms with E-state index in [4.69, 9.17) is 9.47 Å². The monoisotopic (exact) mass is 304 g/mol. The number of carbonyl (C=O) groups is 1. The summed E-state index contributed by atoms with van der Waals surface area (Å²) in [7, 11) is 1.37. The third-order valence-electron chi connectivity index (χ3n) is 3.96. The minimum Gasteiger partial charge on any atom is -0.466 e. The van der Waals surface area contributed by atoms with Gasteiger partial charge in [-0.25, -0.2) is 4.79 Å². The van der Waals surface area contributed by atoms with E-state index in [0.717, 1.165) is 23.1 Å². The molecule has 1 fully saturated rings. The predicted octanol–water partition coefficient (Wildman–Crippen LogP) is 3.31. The van der Waals surface area contributed by atoms with E-state index in [0.29, 0.717) is 13.2 Å². The van der Waals surface area contributed by atoms with Crippen molar-refractivity contribution in [2.75, 3.05) is 20.3 Å². The number of ether oxygens (including phenoxy) is 3. The lowest BCUT2D eigenvalue weighted by molar-refractivity contribution is -0.139. The van der Waals surface area contributed by atoms with Crippen LogP contribution in [-0.2, 0) is 19.0 Å². The smallest absolute Gasteiger partial charge is 0.330 e. The van der Waals surface area contributed by atoms with E-state index in [2.05, 4.69) is 24.3 Å². The molecule has 0 amide bonds. The summed E-state index contributed by atoms with van der Waals surface area (Å²) >= 11 is 0. The Bertz CT molecular complexity index is 580. The van der Waals surface area contributed by atoms with E-state index in [1.54, 1.807) is 0 Å². The number of hydrogen-bond donors (Lipinski definition) is 0. The van der Waals surface area contributed by atoms with E-state index < -0.39 is 5.79 Å². The number of hydrogen-bond acceptors (Lipinski definition) is 4. The molecule has 0 bridgehead atoms. The zero-order valence-electron chi connectivity index (χ0n) is 14.0. The van der Waals surface area contributed by atoms with Crippen LogP contribution in [0.5, 0.6) is 0 Å². The molecule has 0 saturated carbocycles. The molecule has 0 radical (unpaired) electrons. The van der Waals surface area contributed by atoms with Crippen LogP contribution in [0, 0.1) is 5.41 Å². The molecule has 0 aromatic heterocycles. The Kier molecular flexibility index (Phi) is 4.76. The van der Waals surface area contributed by atoms with E-state index in [-0.39, 0.29) is 11.4 Å². The fraction of sp³-hybridized carbons (Fsp3) is 0.556. The number of rotatable bonds is 2. The van der Waals surface area contributed by atoms with Gasteiger partial charge in [0.2, 0.25) is 0 Å². The molecule has 0 unspecified atom stereocenters. The first kappa shape index (κ1) is 16.8. The second-order valence-corrected chi connectivity index (χ2v) is 6.47. The molecular formula is C18H24O4. The van der Waals surface area contributed by atoms with E-state index in [9.17, 15) is 4.79 Å². The van der Waals surface area contributed by atoms with Crippen molar-refractivity contribution in [2.24, 2.45) is 5.41 Å². The summed E-state index contributed by atoms with van der Waals surface area (Å²) in [6.45, 7) is 9.48. The van der Waals surface area contributed by atoms with Crippen molar-refractivity contribution in [1.29, 1.82) is 0 Å². The first-order valence-corrected chi connectivity index (χ1v) is 7.49. The van der Waals surface area contributed by atoms with Gasteiger partial charge < -0.3 is 14.2 Å². The van der Waals surface area contributed by atoms with Gasteiger partial charge in [-0.3, -0.25) is 0 Å². The first-order chi connectivity index (χ1) is 10.3.